The Hall–Kier alpha value is -1.09. The van der Waals surface area contributed by atoms with Gasteiger partial charge >= 0.3 is 0 Å². The lowest BCUT2D eigenvalue weighted by Crippen LogP contribution is -1.85. The predicted molar refractivity (Wildman–Crippen MR) is 63.4 cm³/mol. The van der Waals surface area contributed by atoms with Gasteiger partial charge in [-0.15, -0.1) is 0 Å². The van der Waals surface area contributed by atoms with Gasteiger partial charge in [-0.25, -0.2) is 0 Å². The van der Waals surface area contributed by atoms with E-state index in [0.717, 1.165) is 26.6 Å². The molecule has 2 rings (SSSR count). The SMILES string of the molecule is CC(=O)c1cc2c(C)c(Br)c(C)cc2o1. The van der Waals surface area contributed by atoms with E-state index in [1.165, 1.54) is 6.92 Å². The lowest BCUT2D eigenvalue weighted by molar-refractivity contribution is 0.0989. The van der Waals surface area contributed by atoms with Crippen LogP contribution < -0.4 is 0 Å². The van der Waals surface area contributed by atoms with Gasteiger partial charge in [-0.05, 0) is 37.1 Å². The Morgan fingerprint density at radius 2 is 2.00 bits per heavy atom. The fraction of sp³-hybridized carbons (Fsp3) is 0.250. The third-order valence-corrected chi connectivity index (χ3v) is 3.76. The third kappa shape index (κ3) is 1.61. The number of hydrogen-bond donors (Lipinski definition) is 0. The molecule has 2 nitrogen and oxygen atoms in total. The molecule has 0 N–H and O–H groups in total. The van der Waals surface area contributed by atoms with Crippen LogP contribution in [0.5, 0.6) is 0 Å². The van der Waals surface area contributed by atoms with Gasteiger partial charge in [0.2, 0.25) is 0 Å². The van der Waals surface area contributed by atoms with Crippen molar-refractivity contribution in [3.05, 3.63) is 33.5 Å². The molecule has 0 fully saturated rings. The van der Waals surface area contributed by atoms with E-state index in [9.17, 15) is 4.79 Å². The van der Waals surface area contributed by atoms with Gasteiger partial charge in [0.1, 0.15) is 5.58 Å². The van der Waals surface area contributed by atoms with Crippen LogP contribution in [0.1, 0.15) is 28.6 Å². The van der Waals surface area contributed by atoms with Gasteiger partial charge in [0.25, 0.3) is 0 Å². The van der Waals surface area contributed by atoms with Crippen molar-refractivity contribution in [3.63, 3.8) is 0 Å². The summed E-state index contributed by atoms with van der Waals surface area (Å²) in [7, 11) is 0. The van der Waals surface area contributed by atoms with Gasteiger partial charge in [0.05, 0.1) is 0 Å². The molecule has 2 aromatic rings. The number of halogens is 1. The Bertz CT molecular complexity index is 552. The molecule has 1 aromatic heterocycles. The summed E-state index contributed by atoms with van der Waals surface area (Å²) in [5.41, 5.74) is 3.00. The van der Waals surface area contributed by atoms with Crippen LogP contribution in [0.3, 0.4) is 0 Å². The van der Waals surface area contributed by atoms with Crippen LogP contribution in [0.25, 0.3) is 11.0 Å². The normalized spacial score (nSPS) is 10.9. The highest BCUT2D eigenvalue weighted by Gasteiger charge is 2.12. The van der Waals surface area contributed by atoms with Crippen molar-refractivity contribution in [3.8, 4) is 0 Å². The van der Waals surface area contributed by atoms with Gasteiger partial charge in [-0.2, -0.15) is 0 Å². The highest BCUT2D eigenvalue weighted by molar-refractivity contribution is 9.10. The number of benzene rings is 1. The first-order valence-electron chi connectivity index (χ1n) is 4.71. The summed E-state index contributed by atoms with van der Waals surface area (Å²) in [5.74, 6) is 0.380. The lowest BCUT2D eigenvalue weighted by atomic mass is 10.1. The van der Waals surface area contributed by atoms with Crippen LogP contribution in [-0.4, -0.2) is 5.78 Å². The van der Waals surface area contributed by atoms with Crippen LogP contribution >= 0.6 is 15.9 Å². The van der Waals surface area contributed by atoms with E-state index < -0.39 is 0 Å². The Labute approximate surface area is 96.4 Å². The Kier molecular flexibility index (Phi) is 2.43. The molecule has 0 atom stereocenters. The molecule has 0 bridgehead atoms. The van der Waals surface area contributed by atoms with Gasteiger partial charge in [-0.1, -0.05) is 15.9 Å². The molecule has 0 aliphatic rings. The van der Waals surface area contributed by atoms with E-state index in [1.807, 2.05) is 19.9 Å². The highest BCUT2D eigenvalue weighted by Crippen LogP contribution is 2.31. The third-order valence-electron chi connectivity index (χ3n) is 2.53. The van der Waals surface area contributed by atoms with Crippen molar-refractivity contribution >= 4 is 32.7 Å². The number of Topliss-reactive ketones (excluding diaryl/α,β-unsaturated/α-hetero) is 1. The maximum atomic E-state index is 11.2. The van der Waals surface area contributed by atoms with Crippen molar-refractivity contribution in [2.24, 2.45) is 0 Å². The van der Waals surface area contributed by atoms with E-state index in [2.05, 4.69) is 15.9 Å². The maximum absolute atomic E-state index is 11.2. The minimum atomic E-state index is -0.0422. The largest absolute Gasteiger partial charge is 0.453 e. The predicted octanol–water partition coefficient (Wildman–Crippen LogP) is 4.01. The topological polar surface area (TPSA) is 30.2 Å². The lowest BCUT2D eigenvalue weighted by Gasteiger charge is -2.02. The summed E-state index contributed by atoms with van der Waals surface area (Å²) in [6.07, 6.45) is 0. The average molecular weight is 267 g/mol. The van der Waals surface area contributed by atoms with E-state index in [1.54, 1.807) is 6.07 Å². The molecule has 0 amide bonds. The first-order valence-corrected chi connectivity index (χ1v) is 5.50. The van der Waals surface area contributed by atoms with Gasteiger partial charge < -0.3 is 4.42 Å². The number of furan rings is 1. The zero-order valence-corrected chi connectivity index (χ0v) is 10.4. The summed E-state index contributed by atoms with van der Waals surface area (Å²) in [4.78, 5) is 11.2. The van der Waals surface area contributed by atoms with E-state index >= 15 is 0 Å². The smallest absolute Gasteiger partial charge is 0.194 e. The zero-order valence-electron chi connectivity index (χ0n) is 8.85. The number of fused-ring (bicyclic) bond motifs is 1. The maximum Gasteiger partial charge on any atom is 0.194 e. The van der Waals surface area contributed by atoms with Gasteiger partial charge in [0, 0.05) is 16.8 Å². The summed E-state index contributed by atoms with van der Waals surface area (Å²) in [5, 5.41) is 0.998. The fourth-order valence-corrected chi connectivity index (χ4v) is 1.98. The van der Waals surface area contributed by atoms with E-state index in [-0.39, 0.29) is 5.78 Å². The van der Waals surface area contributed by atoms with Crippen molar-refractivity contribution in [1.82, 2.24) is 0 Å². The van der Waals surface area contributed by atoms with E-state index in [4.69, 9.17) is 4.42 Å². The Morgan fingerprint density at radius 3 is 2.60 bits per heavy atom. The van der Waals surface area contributed by atoms with Crippen LogP contribution in [0.4, 0.5) is 0 Å². The van der Waals surface area contributed by atoms with E-state index in [0.29, 0.717) is 5.76 Å². The summed E-state index contributed by atoms with van der Waals surface area (Å²) in [6, 6.07) is 3.75. The number of aryl methyl sites for hydroxylation is 2. The Morgan fingerprint density at radius 1 is 1.33 bits per heavy atom. The molecule has 1 heterocycles. The van der Waals surface area contributed by atoms with Crippen LogP contribution in [0.15, 0.2) is 21.0 Å². The molecular weight excluding hydrogens is 256 g/mol. The quantitative estimate of drug-likeness (QED) is 0.730. The molecule has 0 aliphatic heterocycles. The average Bonchev–Trinajstić information content (AvgIpc) is 2.58. The van der Waals surface area contributed by atoms with Crippen molar-refractivity contribution in [2.45, 2.75) is 20.8 Å². The number of rotatable bonds is 1. The molecule has 78 valence electrons. The number of ketones is 1. The molecule has 0 spiro atoms. The number of hydrogen-bond acceptors (Lipinski definition) is 2. The minimum absolute atomic E-state index is 0.0422. The van der Waals surface area contributed by atoms with Crippen LogP contribution in [-0.2, 0) is 0 Å². The Balaban J connectivity index is 2.82. The van der Waals surface area contributed by atoms with Gasteiger partial charge in [-0.3, -0.25) is 4.79 Å². The minimum Gasteiger partial charge on any atom is -0.453 e. The molecule has 1 aromatic carbocycles. The molecule has 0 aliphatic carbocycles. The highest BCUT2D eigenvalue weighted by atomic mass is 79.9. The molecule has 0 radical (unpaired) electrons. The molecule has 3 heteroatoms. The van der Waals surface area contributed by atoms with Crippen molar-refractivity contribution < 1.29 is 9.21 Å². The van der Waals surface area contributed by atoms with Crippen LogP contribution in [0.2, 0.25) is 0 Å². The number of carbonyl (C=O) groups is 1. The number of carbonyl (C=O) groups excluding carboxylic acids is 1. The first kappa shape index (κ1) is 10.4. The summed E-state index contributed by atoms with van der Waals surface area (Å²) in [6.45, 7) is 5.53. The molecular formula is C12H11BrO2. The summed E-state index contributed by atoms with van der Waals surface area (Å²) < 4.78 is 6.55. The summed E-state index contributed by atoms with van der Waals surface area (Å²) >= 11 is 3.52. The standard InChI is InChI=1S/C12H11BrO2/c1-6-4-11-9(7(2)12(6)13)5-10(15-11)8(3)14/h4-5H,1-3H3. The molecule has 0 saturated heterocycles. The molecule has 0 saturated carbocycles. The monoisotopic (exact) mass is 266 g/mol. The first-order chi connectivity index (χ1) is 7.00. The van der Waals surface area contributed by atoms with Crippen molar-refractivity contribution in [1.29, 1.82) is 0 Å². The fourth-order valence-electron chi connectivity index (χ4n) is 1.65. The zero-order chi connectivity index (χ0) is 11.2. The second-order valence-corrected chi connectivity index (χ2v) is 4.50. The molecule has 0 unspecified atom stereocenters. The van der Waals surface area contributed by atoms with Crippen LogP contribution in [0, 0.1) is 13.8 Å². The van der Waals surface area contributed by atoms with Crippen molar-refractivity contribution in [2.75, 3.05) is 0 Å². The second-order valence-electron chi connectivity index (χ2n) is 3.71. The molecule has 15 heavy (non-hydrogen) atoms. The second kappa shape index (κ2) is 3.49. The van der Waals surface area contributed by atoms with Gasteiger partial charge in [0.15, 0.2) is 11.5 Å².